The van der Waals surface area contributed by atoms with E-state index in [-0.39, 0.29) is 12.0 Å². The number of carboxylic acids is 1. The van der Waals surface area contributed by atoms with Crippen LogP contribution in [0.25, 0.3) is 21.9 Å². The van der Waals surface area contributed by atoms with Crippen LogP contribution >= 0.6 is 0 Å². The SMILES string of the molecule is COc1cc(C)n(C)c(=O)c1-c1ccc(C[C@H](N)C(=O)O)c2ccccc12. The van der Waals surface area contributed by atoms with E-state index < -0.39 is 12.0 Å². The number of fused-ring (bicyclic) bond motifs is 1. The van der Waals surface area contributed by atoms with Crippen LogP contribution in [0.4, 0.5) is 0 Å². The zero-order valence-electron chi connectivity index (χ0n) is 15.5. The van der Waals surface area contributed by atoms with Crippen LogP contribution in [0.15, 0.2) is 47.3 Å². The number of ether oxygens (including phenoxy) is 1. The van der Waals surface area contributed by atoms with E-state index in [1.807, 2.05) is 49.4 Å². The van der Waals surface area contributed by atoms with Gasteiger partial charge < -0.3 is 20.1 Å². The lowest BCUT2D eigenvalue weighted by molar-refractivity contribution is -0.138. The van der Waals surface area contributed by atoms with Gasteiger partial charge in [-0.25, -0.2) is 0 Å². The molecule has 0 unspecified atom stereocenters. The normalized spacial score (nSPS) is 12.1. The van der Waals surface area contributed by atoms with Gasteiger partial charge in [-0.2, -0.15) is 0 Å². The topological polar surface area (TPSA) is 94.5 Å². The summed E-state index contributed by atoms with van der Waals surface area (Å²) in [6, 6.07) is 12.1. The predicted octanol–water partition coefficient (Wildman–Crippen LogP) is 2.48. The van der Waals surface area contributed by atoms with Crippen LogP contribution in [0.3, 0.4) is 0 Å². The number of methoxy groups -OCH3 is 1. The van der Waals surface area contributed by atoms with Crippen LogP contribution in [-0.2, 0) is 18.3 Å². The lowest BCUT2D eigenvalue weighted by Crippen LogP contribution is -2.32. The maximum atomic E-state index is 13.0. The molecular formula is C21H22N2O4. The number of nitrogens with zero attached hydrogens (tertiary/aromatic N) is 1. The summed E-state index contributed by atoms with van der Waals surface area (Å²) in [7, 11) is 3.27. The fourth-order valence-corrected chi connectivity index (χ4v) is 3.28. The van der Waals surface area contributed by atoms with Gasteiger partial charge in [0.1, 0.15) is 11.8 Å². The van der Waals surface area contributed by atoms with Crippen LogP contribution in [0, 0.1) is 6.92 Å². The summed E-state index contributed by atoms with van der Waals surface area (Å²) in [5, 5.41) is 10.8. The molecule has 1 aromatic heterocycles. The molecule has 0 aliphatic rings. The molecule has 0 amide bonds. The molecular weight excluding hydrogens is 344 g/mol. The monoisotopic (exact) mass is 366 g/mol. The fourth-order valence-electron chi connectivity index (χ4n) is 3.28. The lowest BCUT2D eigenvalue weighted by Gasteiger charge is -2.16. The Labute approximate surface area is 156 Å². The van der Waals surface area contributed by atoms with Gasteiger partial charge in [0.15, 0.2) is 0 Å². The third-order valence-corrected chi connectivity index (χ3v) is 4.89. The number of benzene rings is 2. The number of carboxylic acid groups (broad SMARTS) is 1. The highest BCUT2D eigenvalue weighted by Gasteiger charge is 2.19. The number of nitrogens with two attached hydrogens (primary N) is 1. The van der Waals surface area contributed by atoms with Crippen molar-refractivity contribution in [3.8, 4) is 16.9 Å². The summed E-state index contributed by atoms with van der Waals surface area (Å²) >= 11 is 0. The van der Waals surface area contributed by atoms with Gasteiger partial charge in [-0.1, -0.05) is 36.4 Å². The van der Waals surface area contributed by atoms with Crippen molar-refractivity contribution >= 4 is 16.7 Å². The van der Waals surface area contributed by atoms with Gasteiger partial charge in [-0.05, 0) is 35.2 Å². The first-order valence-corrected chi connectivity index (χ1v) is 8.59. The Morgan fingerprint density at radius 2 is 1.89 bits per heavy atom. The van der Waals surface area contributed by atoms with Crippen molar-refractivity contribution in [2.45, 2.75) is 19.4 Å². The van der Waals surface area contributed by atoms with E-state index in [0.29, 0.717) is 11.3 Å². The van der Waals surface area contributed by atoms with E-state index in [1.165, 1.54) is 0 Å². The number of aliphatic carboxylic acids is 1. The molecule has 0 aliphatic carbocycles. The molecule has 3 N–H and O–H groups in total. The summed E-state index contributed by atoms with van der Waals surface area (Å²) in [6.07, 6.45) is 0.208. The Bertz CT molecular complexity index is 1090. The molecule has 0 saturated heterocycles. The zero-order chi connectivity index (χ0) is 19.7. The average molecular weight is 366 g/mol. The Morgan fingerprint density at radius 1 is 1.22 bits per heavy atom. The highest BCUT2D eigenvalue weighted by atomic mass is 16.5. The van der Waals surface area contributed by atoms with Gasteiger partial charge in [-0.15, -0.1) is 0 Å². The molecule has 3 rings (SSSR count). The highest BCUT2D eigenvalue weighted by Crippen LogP contribution is 2.34. The molecule has 27 heavy (non-hydrogen) atoms. The molecule has 0 radical (unpaired) electrons. The predicted molar refractivity (Wildman–Crippen MR) is 105 cm³/mol. The van der Waals surface area contributed by atoms with Crippen LogP contribution < -0.4 is 16.0 Å². The third kappa shape index (κ3) is 3.31. The smallest absolute Gasteiger partial charge is 0.320 e. The minimum atomic E-state index is -1.04. The number of rotatable bonds is 5. The Balaban J connectivity index is 2.29. The summed E-state index contributed by atoms with van der Waals surface area (Å²) in [6.45, 7) is 1.85. The van der Waals surface area contributed by atoms with Crippen molar-refractivity contribution in [1.29, 1.82) is 0 Å². The number of carbonyl (C=O) groups is 1. The molecule has 0 saturated carbocycles. The summed E-state index contributed by atoms with van der Waals surface area (Å²) in [5.41, 5.74) is 8.43. The van der Waals surface area contributed by atoms with Crippen molar-refractivity contribution in [2.75, 3.05) is 7.11 Å². The second kappa shape index (κ2) is 7.25. The minimum absolute atomic E-state index is 0.146. The van der Waals surface area contributed by atoms with Gasteiger partial charge in [-0.3, -0.25) is 9.59 Å². The highest BCUT2D eigenvalue weighted by molar-refractivity contribution is 5.99. The van der Waals surface area contributed by atoms with Crippen molar-refractivity contribution in [1.82, 2.24) is 4.57 Å². The first-order valence-electron chi connectivity index (χ1n) is 8.59. The van der Waals surface area contributed by atoms with Gasteiger partial charge in [0, 0.05) is 18.8 Å². The molecule has 0 spiro atoms. The second-order valence-electron chi connectivity index (χ2n) is 6.56. The quantitative estimate of drug-likeness (QED) is 0.723. The fraction of sp³-hybridized carbons (Fsp3) is 0.238. The lowest BCUT2D eigenvalue weighted by atomic mass is 9.92. The summed E-state index contributed by atoms with van der Waals surface area (Å²) in [4.78, 5) is 24.1. The molecule has 6 heteroatoms. The summed E-state index contributed by atoms with van der Waals surface area (Å²) in [5.74, 6) is -0.534. The number of aryl methyl sites for hydroxylation is 1. The van der Waals surface area contributed by atoms with E-state index in [0.717, 1.165) is 27.6 Å². The van der Waals surface area contributed by atoms with Crippen LogP contribution in [0.5, 0.6) is 5.75 Å². The Kier molecular flexibility index (Phi) is 5.01. The van der Waals surface area contributed by atoms with E-state index in [2.05, 4.69) is 0 Å². The van der Waals surface area contributed by atoms with Crippen molar-refractivity contribution < 1.29 is 14.6 Å². The van der Waals surface area contributed by atoms with Gasteiger partial charge in [0.25, 0.3) is 5.56 Å². The number of hydrogen-bond donors (Lipinski definition) is 2. The molecule has 6 nitrogen and oxygen atoms in total. The summed E-state index contributed by atoms with van der Waals surface area (Å²) < 4.78 is 7.06. The van der Waals surface area contributed by atoms with Crippen LogP contribution in [0.1, 0.15) is 11.3 Å². The minimum Gasteiger partial charge on any atom is -0.496 e. The van der Waals surface area contributed by atoms with Gasteiger partial charge in [0.2, 0.25) is 0 Å². The van der Waals surface area contributed by atoms with Crippen LogP contribution in [0.2, 0.25) is 0 Å². The zero-order valence-corrected chi connectivity index (χ0v) is 15.5. The molecule has 0 bridgehead atoms. The van der Waals surface area contributed by atoms with Gasteiger partial charge >= 0.3 is 5.97 Å². The maximum Gasteiger partial charge on any atom is 0.320 e. The third-order valence-electron chi connectivity index (χ3n) is 4.89. The Morgan fingerprint density at radius 3 is 2.52 bits per heavy atom. The van der Waals surface area contributed by atoms with E-state index in [9.17, 15) is 9.59 Å². The number of hydrogen-bond acceptors (Lipinski definition) is 4. The first kappa shape index (κ1) is 18.7. The molecule has 1 atom stereocenters. The molecule has 140 valence electrons. The van der Waals surface area contributed by atoms with Gasteiger partial charge in [0.05, 0.1) is 12.7 Å². The van der Waals surface area contributed by atoms with Crippen molar-refractivity contribution in [3.05, 3.63) is 64.1 Å². The second-order valence-corrected chi connectivity index (χ2v) is 6.56. The Hall–Kier alpha value is -3.12. The number of pyridine rings is 1. The molecule has 0 aliphatic heterocycles. The van der Waals surface area contributed by atoms with E-state index in [1.54, 1.807) is 18.7 Å². The molecule has 3 aromatic rings. The first-order chi connectivity index (χ1) is 12.8. The number of aromatic nitrogens is 1. The van der Waals surface area contributed by atoms with Crippen molar-refractivity contribution in [3.63, 3.8) is 0 Å². The molecule has 0 fully saturated rings. The van der Waals surface area contributed by atoms with E-state index >= 15 is 0 Å². The van der Waals surface area contributed by atoms with Crippen molar-refractivity contribution in [2.24, 2.45) is 12.8 Å². The van der Waals surface area contributed by atoms with E-state index in [4.69, 9.17) is 15.6 Å². The standard InChI is InChI=1S/C21H22N2O4/c1-12-10-18(27-3)19(20(24)23(12)2)16-9-8-13(11-17(22)21(25)26)14-6-4-5-7-15(14)16/h4-10,17H,11,22H2,1-3H3,(H,25,26)/t17-/m0/s1. The largest absolute Gasteiger partial charge is 0.496 e. The maximum absolute atomic E-state index is 13.0. The molecule has 2 aromatic carbocycles. The molecule has 1 heterocycles. The van der Waals surface area contributed by atoms with Crippen LogP contribution in [-0.4, -0.2) is 28.8 Å². The average Bonchev–Trinajstić information content (AvgIpc) is 2.66.